The lowest BCUT2D eigenvalue weighted by molar-refractivity contribution is -0.119. The molecule has 1 atom stereocenters. The minimum Gasteiger partial charge on any atom is -0.351 e. The Bertz CT molecular complexity index is 288. The van der Waals surface area contributed by atoms with Gasteiger partial charge in [-0.1, -0.05) is 33.1 Å². The highest BCUT2D eigenvalue weighted by atomic mass is 35.5. The van der Waals surface area contributed by atoms with Gasteiger partial charge < -0.3 is 16.0 Å². The van der Waals surface area contributed by atoms with Gasteiger partial charge in [-0.05, 0) is 31.8 Å². The number of rotatable bonds is 10. The predicted molar refractivity (Wildman–Crippen MR) is 107 cm³/mol. The van der Waals surface area contributed by atoms with Gasteiger partial charge in [0.05, 0.1) is 5.75 Å². The van der Waals surface area contributed by atoms with Gasteiger partial charge in [-0.3, -0.25) is 4.79 Å². The predicted octanol–water partition coefficient (Wildman–Crippen LogP) is 2.93. The van der Waals surface area contributed by atoms with Crippen LogP contribution in [0.15, 0.2) is 0 Å². The van der Waals surface area contributed by atoms with Crippen LogP contribution < -0.4 is 11.1 Å². The summed E-state index contributed by atoms with van der Waals surface area (Å²) < 4.78 is 0. The van der Waals surface area contributed by atoms with Crippen molar-refractivity contribution in [3.8, 4) is 0 Å². The number of carbonyl (C=O) groups excluding carboxylic acids is 1. The molecule has 0 aromatic heterocycles. The summed E-state index contributed by atoms with van der Waals surface area (Å²) in [5, 5.41) is 3.15. The third-order valence-electron chi connectivity index (χ3n) is 4.50. The Morgan fingerprint density at radius 1 is 1.22 bits per heavy atom. The van der Waals surface area contributed by atoms with E-state index >= 15 is 0 Å². The molecule has 1 rings (SSSR count). The minimum atomic E-state index is 0. The molecule has 1 unspecified atom stereocenters. The maximum atomic E-state index is 12.0. The molecular formula is C16H35Cl2N3OS. The molecule has 1 aliphatic carbocycles. The highest BCUT2D eigenvalue weighted by molar-refractivity contribution is 7.99. The van der Waals surface area contributed by atoms with Crippen LogP contribution in [-0.2, 0) is 4.79 Å². The lowest BCUT2D eigenvalue weighted by Gasteiger charge is -2.30. The molecule has 7 heteroatoms. The summed E-state index contributed by atoms with van der Waals surface area (Å²) in [6.45, 7) is 8.16. The lowest BCUT2D eigenvalue weighted by Crippen LogP contribution is -2.46. The normalized spacial score (nSPS) is 16.3. The van der Waals surface area contributed by atoms with Gasteiger partial charge in [-0.2, -0.15) is 11.8 Å². The van der Waals surface area contributed by atoms with Gasteiger partial charge in [-0.15, -0.1) is 24.8 Å². The van der Waals surface area contributed by atoms with Crippen molar-refractivity contribution in [1.82, 2.24) is 10.2 Å². The minimum absolute atomic E-state index is 0. The molecule has 23 heavy (non-hydrogen) atoms. The maximum absolute atomic E-state index is 12.0. The molecule has 140 valence electrons. The second kappa shape index (κ2) is 15.8. The van der Waals surface area contributed by atoms with Crippen molar-refractivity contribution in [3.05, 3.63) is 0 Å². The highest BCUT2D eigenvalue weighted by Crippen LogP contribution is 2.26. The molecule has 1 amide bonds. The van der Waals surface area contributed by atoms with Crippen molar-refractivity contribution < 1.29 is 4.79 Å². The first-order valence-electron chi connectivity index (χ1n) is 8.50. The molecule has 1 fully saturated rings. The number of carbonyl (C=O) groups is 1. The number of nitrogens with zero attached hydrogens (tertiary/aromatic N) is 1. The number of halogens is 2. The smallest absolute Gasteiger partial charge is 0.230 e. The summed E-state index contributed by atoms with van der Waals surface area (Å²) in [4.78, 5) is 14.4. The van der Waals surface area contributed by atoms with Crippen LogP contribution in [0, 0.1) is 5.92 Å². The van der Waals surface area contributed by atoms with Crippen molar-refractivity contribution in [2.45, 2.75) is 52.0 Å². The molecule has 0 aromatic carbocycles. The van der Waals surface area contributed by atoms with Crippen LogP contribution in [0.1, 0.15) is 46.0 Å². The van der Waals surface area contributed by atoms with Crippen molar-refractivity contribution in [2.24, 2.45) is 11.7 Å². The second-order valence-electron chi connectivity index (χ2n) is 5.89. The third kappa shape index (κ3) is 10.7. The first kappa shape index (κ1) is 25.6. The molecule has 0 heterocycles. The summed E-state index contributed by atoms with van der Waals surface area (Å²) in [5.41, 5.74) is 5.85. The number of hydrogen-bond acceptors (Lipinski definition) is 4. The Morgan fingerprint density at radius 3 is 2.35 bits per heavy atom. The highest BCUT2D eigenvalue weighted by Gasteiger charge is 2.23. The van der Waals surface area contributed by atoms with E-state index in [9.17, 15) is 4.79 Å². The van der Waals surface area contributed by atoms with Gasteiger partial charge in [-0.25, -0.2) is 0 Å². The average Bonchev–Trinajstić information content (AvgIpc) is 2.53. The van der Waals surface area contributed by atoms with Gasteiger partial charge >= 0.3 is 0 Å². The molecule has 1 saturated carbocycles. The summed E-state index contributed by atoms with van der Waals surface area (Å²) in [6.07, 6.45) is 6.35. The van der Waals surface area contributed by atoms with E-state index in [-0.39, 0.29) is 36.8 Å². The average molecular weight is 388 g/mol. The second-order valence-corrected chi connectivity index (χ2v) is 6.99. The zero-order valence-electron chi connectivity index (χ0n) is 14.6. The van der Waals surface area contributed by atoms with E-state index in [4.69, 9.17) is 5.73 Å². The Hall–Kier alpha value is 0.320. The number of hydrogen-bond donors (Lipinski definition) is 2. The van der Waals surface area contributed by atoms with Crippen molar-refractivity contribution >= 4 is 42.5 Å². The quantitative estimate of drug-likeness (QED) is 0.565. The summed E-state index contributed by atoms with van der Waals surface area (Å²) >= 11 is 1.73. The summed E-state index contributed by atoms with van der Waals surface area (Å²) in [5.74, 6) is 2.32. The van der Waals surface area contributed by atoms with Gasteiger partial charge in [0.15, 0.2) is 0 Å². The van der Waals surface area contributed by atoms with Crippen molar-refractivity contribution in [1.29, 1.82) is 0 Å². The van der Waals surface area contributed by atoms with Crippen LogP contribution in [0.2, 0.25) is 0 Å². The fourth-order valence-electron chi connectivity index (χ4n) is 3.05. The number of thioether (sulfide) groups is 1. The maximum Gasteiger partial charge on any atom is 0.230 e. The molecule has 4 nitrogen and oxygen atoms in total. The van der Waals surface area contributed by atoms with Crippen LogP contribution in [-0.4, -0.2) is 54.5 Å². The van der Waals surface area contributed by atoms with E-state index in [0.29, 0.717) is 18.2 Å². The zero-order valence-corrected chi connectivity index (χ0v) is 17.0. The SMILES string of the molecule is CCN(CC)CCSCC(=O)NC(CN)C1CCCCC1.Cl.Cl. The van der Waals surface area contributed by atoms with Crippen molar-refractivity contribution in [2.75, 3.05) is 37.7 Å². The monoisotopic (exact) mass is 387 g/mol. The van der Waals surface area contributed by atoms with Crippen LogP contribution >= 0.6 is 36.6 Å². The number of nitrogens with one attached hydrogen (secondary N) is 1. The summed E-state index contributed by atoms with van der Waals surface area (Å²) in [7, 11) is 0. The van der Waals surface area contributed by atoms with Gasteiger partial charge in [0.25, 0.3) is 0 Å². The van der Waals surface area contributed by atoms with Gasteiger partial charge in [0.2, 0.25) is 5.91 Å². The Balaban J connectivity index is 0. The fraction of sp³-hybridized carbons (Fsp3) is 0.938. The lowest BCUT2D eigenvalue weighted by atomic mass is 9.84. The molecule has 0 spiro atoms. The topological polar surface area (TPSA) is 58.4 Å². The van der Waals surface area contributed by atoms with Crippen LogP contribution in [0.4, 0.5) is 0 Å². The van der Waals surface area contributed by atoms with Crippen molar-refractivity contribution in [3.63, 3.8) is 0 Å². The number of amides is 1. The first-order chi connectivity index (χ1) is 10.2. The van der Waals surface area contributed by atoms with Gasteiger partial charge in [0.1, 0.15) is 0 Å². The van der Waals surface area contributed by atoms with E-state index in [0.717, 1.165) is 25.4 Å². The van der Waals surface area contributed by atoms with E-state index in [2.05, 4.69) is 24.1 Å². The Morgan fingerprint density at radius 2 is 1.83 bits per heavy atom. The van der Waals surface area contributed by atoms with Crippen LogP contribution in [0.3, 0.4) is 0 Å². The molecule has 0 radical (unpaired) electrons. The van der Waals surface area contributed by atoms with Gasteiger partial charge in [0, 0.05) is 24.9 Å². The first-order valence-corrected chi connectivity index (χ1v) is 9.66. The Labute approximate surface area is 158 Å². The Kier molecular flexibility index (Phi) is 17.6. The summed E-state index contributed by atoms with van der Waals surface area (Å²) in [6, 6.07) is 0.182. The largest absolute Gasteiger partial charge is 0.351 e. The molecule has 0 aliphatic heterocycles. The molecule has 3 N–H and O–H groups in total. The van der Waals surface area contributed by atoms with E-state index in [1.807, 2.05) is 0 Å². The van der Waals surface area contributed by atoms with Crippen LogP contribution in [0.5, 0.6) is 0 Å². The number of nitrogens with two attached hydrogens (primary N) is 1. The molecule has 1 aliphatic rings. The third-order valence-corrected chi connectivity index (χ3v) is 5.44. The van der Waals surface area contributed by atoms with E-state index < -0.39 is 0 Å². The molecule has 0 aromatic rings. The standard InChI is InChI=1S/C16H33N3OS.2ClH/c1-3-19(4-2)10-11-21-13-16(20)18-15(12-17)14-8-6-5-7-9-14;;/h14-15H,3-13,17H2,1-2H3,(H,18,20);2*1H. The molecule has 0 saturated heterocycles. The molecule has 0 bridgehead atoms. The zero-order chi connectivity index (χ0) is 15.5. The van der Waals surface area contributed by atoms with E-state index in [1.54, 1.807) is 11.8 Å². The molecular weight excluding hydrogens is 353 g/mol. The van der Waals surface area contributed by atoms with Crippen LogP contribution in [0.25, 0.3) is 0 Å². The fourth-order valence-corrected chi connectivity index (χ4v) is 3.85. The van der Waals surface area contributed by atoms with E-state index in [1.165, 1.54) is 32.1 Å².